The number of benzene rings is 1. The molecule has 0 saturated heterocycles. The third kappa shape index (κ3) is 2.17. The molecule has 1 heterocycles. The van der Waals surface area contributed by atoms with Crippen LogP contribution in [-0.4, -0.2) is 21.8 Å². The Balaban J connectivity index is 2.41. The van der Waals surface area contributed by atoms with Crippen molar-refractivity contribution in [1.82, 2.24) is 9.78 Å². The molecule has 2 rings (SSSR count). The predicted octanol–water partition coefficient (Wildman–Crippen LogP) is 1.93. The maximum Gasteiger partial charge on any atom is 0.432 e. The van der Waals surface area contributed by atoms with E-state index in [-0.39, 0.29) is 11.6 Å². The first kappa shape index (κ1) is 12.1. The third-order valence-electron chi connectivity index (χ3n) is 2.69. The van der Waals surface area contributed by atoms with E-state index in [0.717, 1.165) is 5.56 Å². The molecule has 0 amide bonds. The van der Waals surface area contributed by atoms with Gasteiger partial charge in [-0.15, -0.1) is 0 Å². The van der Waals surface area contributed by atoms with Crippen molar-refractivity contribution in [2.75, 3.05) is 7.11 Å². The van der Waals surface area contributed by atoms with E-state index in [0.29, 0.717) is 12.1 Å². The average molecular weight is 247 g/mol. The van der Waals surface area contributed by atoms with Crippen molar-refractivity contribution in [1.29, 1.82) is 0 Å². The molecule has 6 heteroatoms. The van der Waals surface area contributed by atoms with Gasteiger partial charge in [0.25, 0.3) is 0 Å². The molecular weight excluding hydrogens is 234 g/mol. The van der Waals surface area contributed by atoms with Crippen molar-refractivity contribution in [2.45, 2.75) is 6.42 Å². The molecule has 1 aromatic carbocycles. The van der Waals surface area contributed by atoms with Gasteiger partial charge in [-0.3, -0.25) is 0 Å². The fourth-order valence-electron chi connectivity index (χ4n) is 1.84. The van der Waals surface area contributed by atoms with E-state index in [1.54, 1.807) is 7.05 Å². The molecule has 94 valence electrons. The summed E-state index contributed by atoms with van der Waals surface area (Å²) in [5.74, 6) is -0.0164. The fraction of sp³-hybridized carbons (Fsp3) is 0.250. The topological polar surface area (TPSA) is 70.2 Å². The van der Waals surface area contributed by atoms with E-state index >= 15 is 0 Å². The summed E-state index contributed by atoms with van der Waals surface area (Å²) in [7, 11) is 3.09. The quantitative estimate of drug-likeness (QED) is 0.611. The highest BCUT2D eigenvalue weighted by Gasteiger charge is 2.27. The van der Waals surface area contributed by atoms with Crippen LogP contribution in [0.15, 0.2) is 30.3 Å². The number of nitro groups is 1. The maximum atomic E-state index is 10.8. The molecule has 0 aliphatic carbocycles. The summed E-state index contributed by atoms with van der Waals surface area (Å²) in [5, 5.41) is 14.7. The second-order valence-electron chi connectivity index (χ2n) is 3.85. The van der Waals surface area contributed by atoms with Crippen LogP contribution in [0.25, 0.3) is 0 Å². The number of nitrogens with zero attached hydrogens (tertiary/aromatic N) is 3. The number of hydrogen-bond acceptors (Lipinski definition) is 4. The van der Waals surface area contributed by atoms with Gasteiger partial charge in [0.1, 0.15) is 5.69 Å². The predicted molar refractivity (Wildman–Crippen MR) is 65.7 cm³/mol. The van der Waals surface area contributed by atoms with Crippen LogP contribution < -0.4 is 4.74 Å². The highest BCUT2D eigenvalue weighted by Crippen LogP contribution is 2.30. The van der Waals surface area contributed by atoms with Crippen LogP contribution in [0.5, 0.6) is 5.75 Å². The highest BCUT2D eigenvalue weighted by molar-refractivity contribution is 5.45. The summed E-state index contributed by atoms with van der Waals surface area (Å²) >= 11 is 0. The molecule has 18 heavy (non-hydrogen) atoms. The summed E-state index contributed by atoms with van der Waals surface area (Å²) in [4.78, 5) is 10.3. The maximum absolute atomic E-state index is 10.8. The minimum absolute atomic E-state index is 0.228. The fourth-order valence-corrected chi connectivity index (χ4v) is 1.84. The Labute approximate surface area is 104 Å². The zero-order chi connectivity index (χ0) is 13.1. The Morgan fingerprint density at radius 2 is 2.06 bits per heavy atom. The SMILES string of the molecule is COc1c([N+](=O)[O-])nn(C)c1Cc1ccccc1. The largest absolute Gasteiger partial charge is 0.488 e. The van der Waals surface area contributed by atoms with Crippen molar-refractivity contribution >= 4 is 5.82 Å². The zero-order valence-electron chi connectivity index (χ0n) is 10.2. The van der Waals surface area contributed by atoms with Crippen LogP contribution in [-0.2, 0) is 13.5 Å². The minimum Gasteiger partial charge on any atom is -0.488 e. The lowest BCUT2D eigenvalue weighted by Crippen LogP contribution is -2.00. The molecule has 0 unspecified atom stereocenters. The number of aromatic nitrogens is 2. The zero-order valence-corrected chi connectivity index (χ0v) is 10.2. The van der Waals surface area contributed by atoms with Gasteiger partial charge in [0.2, 0.25) is 5.75 Å². The second-order valence-corrected chi connectivity index (χ2v) is 3.85. The van der Waals surface area contributed by atoms with Gasteiger partial charge in [0.05, 0.1) is 19.3 Å². The van der Waals surface area contributed by atoms with Crippen molar-refractivity contribution in [2.24, 2.45) is 7.05 Å². The van der Waals surface area contributed by atoms with E-state index in [2.05, 4.69) is 5.10 Å². The van der Waals surface area contributed by atoms with Crippen LogP contribution >= 0.6 is 0 Å². The van der Waals surface area contributed by atoms with Crippen molar-refractivity contribution in [3.05, 3.63) is 51.7 Å². The summed E-state index contributed by atoms with van der Waals surface area (Å²) in [6.45, 7) is 0. The molecular formula is C12H13N3O3. The Bertz CT molecular complexity index is 563. The van der Waals surface area contributed by atoms with E-state index in [4.69, 9.17) is 4.74 Å². The molecule has 0 aliphatic heterocycles. The van der Waals surface area contributed by atoms with E-state index in [1.165, 1.54) is 11.8 Å². The molecule has 0 bridgehead atoms. The molecule has 0 spiro atoms. The highest BCUT2D eigenvalue weighted by atomic mass is 16.6. The van der Waals surface area contributed by atoms with Crippen molar-refractivity contribution in [3.63, 3.8) is 0 Å². The van der Waals surface area contributed by atoms with Gasteiger partial charge in [-0.2, -0.15) is 4.68 Å². The van der Waals surface area contributed by atoms with Crippen molar-refractivity contribution < 1.29 is 9.66 Å². The smallest absolute Gasteiger partial charge is 0.432 e. The Morgan fingerprint density at radius 1 is 1.39 bits per heavy atom. The lowest BCUT2D eigenvalue weighted by atomic mass is 10.1. The first-order valence-corrected chi connectivity index (χ1v) is 5.41. The van der Waals surface area contributed by atoms with E-state index < -0.39 is 4.92 Å². The number of hydrogen-bond donors (Lipinski definition) is 0. The van der Waals surface area contributed by atoms with Gasteiger partial charge in [-0.1, -0.05) is 30.3 Å². The van der Waals surface area contributed by atoms with E-state index in [1.807, 2.05) is 30.3 Å². The number of ether oxygens (including phenoxy) is 1. The van der Waals surface area contributed by atoms with Gasteiger partial charge < -0.3 is 14.9 Å². The van der Waals surface area contributed by atoms with Crippen LogP contribution in [0.3, 0.4) is 0 Å². The van der Waals surface area contributed by atoms with Gasteiger partial charge in [0, 0.05) is 6.42 Å². The summed E-state index contributed by atoms with van der Waals surface area (Å²) < 4.78 is 6.60. The third-order valence-corrected chi connectivity index (χ3v) is 2.69. The van der Waals surface area contributed by atoms with E-state index in [9.17, 15) is 10.1 Å². The molecule has 0 radical (unpaired) electrons. The van der Waals surface area contributed by atoms with Gasteiger partial charge in [-0.05, 0) is 10.5 Å². The van der Waals surface area contributed by atoms with Gasteiger partial charge in [-0.25, -0.2) is 0 Å². The monoisotopic (exact) mass is 247 g/mol. The Morgan fingerprint density at radius 3 is 2.61 bits per heavy atom. The number of methoxy groups -OCH3 is 1. The molecule has 0 atom stereocenters. The minimum atomic E-state index is -0.534. The number of aryl methyl sites for hydroxylation is 1. The number of rotatable bonds is 4. The van der Waals surface area contributed by atoms with Gasteiger partial charge >= 0.3 is 5.82 Å². The molecule has 6 nitrogen and oxygen atoms in total. The standard InChI is InChI=1S/C12H13N3O3/c1-14-10(8-9-6-4-3-5-7-9)11(18-2)12(13-14)15(16)17/h3-7H,8H2,1-2H3. The Hall–Kier alpha value is -2.37. The summed E-state index contributed by atoms with van der Waals surface area (Å²) in [6, 6.07) is 9.68. The second kappa shape index (κ2) is 4.87. The normalized spacial score (nSPS) is 10.3. The average Bonchev–Trinajstić information content (AvgIpc) is 2.68. The lowest BCUT2D eigenvalue weighted by Gasteiger charge is -2.02. The first-order chi connectivity index (χ1) is 8.63. The lowest BCUT2D eigenvalue weighted by molar-refractivity contribution is -0.390. The summed E-state index contributed by atoms with van der Waals surface area (Å²) in [5.41, 5.74) is 1.74. The molecule has 1 aromatic heterocycles. The van der Waals surface area contributed by atoms with Crippen LogP contribution in [0, 0.1) is 10.1 Å². The van der Waals surface area contributed by atoms with Gasteiger partial charge in [0.15, 0.2) is 0 Å². The molecule has 0 fully saturated rings. The molecule has 0 N–H and O–H groups in total. The first-order valence-electron chi connectivity index (χ1n) is 5.41. The van der Waals surface area contributed by atoms with Crippen LogP contribution in [0.2, 0.25) is 0 Å². The van der Waals surface area contributed by atoms with Crippen LogP contribution in [0.1, 0.15) is 11.3 Å². The van der Waals surface area contributed by atoms with Crippen molar-refractivity contribution in [3.8, 4) is 5.75 Å². The molecule has 0 saturated carbocycles. The molecule has 0 aliphatic rings. The molecule has 2 aromatic rings. The summed E-state index contributed by atoms with van der Waals surface area (Å²) in [6.07, 6.45) is 0.543. The Kier molecular flexibility index (Phi) is 3.27. The van der Waals surface area contributed by atoms with Crippen LogP contribution in [0.4, 0.5) is 5.82 Å².